The van der Waals surface area contributed by atoms with Gasteiger partial charge in [0.25, 0.3) is 0 Å². The Morgan fingerprint density at radius 1 is 1.16 bits per heavy atom. The summed E-state index contributed by atoms with van der Waals surface area (Å²) in [6.07, 6.45) is -1.32. The van der Waals surface area contributed by atoms with E-state index in [2.05, 4.69) is 25.9 Å². The number of alkyl halides is 3. The van der Waals surface area contributed by atoms with Gasteiger partial charge in [0.2, 0.25) is 11.9 Å². The van der Waals surface area contributed by atoms with Gasteiger partial charge < -0.3 is 16.0 Å². The summed E-state index contributed by atoms with van der Waals surface area (Å²) in [6, 6.07) is 5.81. The SMILES string of the molecule is CC(=O)NCCNc1nc(Nc2ccc3c(c2)CCN(CC(F)(F)F)CC3)ncc1C. The summed E-state index contributed by atoms with van der Waals surface area (Å²) in [5.74, 6) is 0.994. The average molecular weight is 436 g/mol. The average Bonchev–Trinajstić information content (AvgIpc) is 2.88. The third-order valence-corrected chi connectivity index (χ3v) is 5.02. The van der Waals surface area contributed by atoms with Gasteiger partial charge in [0.1, 0.15) is 5.82 Å². The molecule has 1 aliphatic heterocycles. The third-order valence-electron chi connectivity index (χ3n) is 5.02. The highest BCUT2D eigenvalue weighted by atomic mass is 19.4. The summed E-state index contributed by atoms with van der Waals surface area (Å²) in [6.45, 7) is 4.27. The Bertz CT molecular complexity index is 918. The van der Waals surface area contributed by atoms with Gasteiger partial charge in [0, 0.05) is 50.6 Å². The van der Waals surface area contributed by atoms with Gasteiger partial charge in [-0.2, -0.15) is 18.2 Å². The van der Waals surface area contributed by atoms with Crippen LogP contribution in [0.1, 0.15) is 23.6 Å². The molecule has 3 rings (SSSR count). The molecule has 7 nitrogen and oxygen atoms in total. The molecular formula is C21H27F3N6O. The lowest BCUT2D eigenvalue weighted by Crippen LogP contribution is -2.35. The second-order valence-corrected chi connectivity index (χ2v) is 7.63. The molecule has 1 amide bonds. The minimum atomic E-state index is -4.18. The van der Waals surface area contributed by atoms with Crippen LogP contribution in [0.4, 0.5) is 30.6 Å². The number of aryl methyl sites for hydroxylation is 1. The van der Waals surface area contributed by atoms with E-state index in [4.69, 9.17) is 0 Å². The van der Waals surface area contributed by atoms with Crippen molar-refractivity contribution >= 4 is 23.4 Å². The molecule has 0 fully saturated rings. The zero-order valence-electron chi connectivity index (χ0n) is 17.6. The molecule has 2 heterocycles. The number of anilines is 3. The first-order valence-electron chi connectivity index (χ1n) is 10.2. The molecule has 3 N–H and O–H groups in total. The number of carbonyl (C=O) groups excluding carboxylic acids is 1. The van der Waals surface area contributed by atoms with Gasteiger partial charge in [0.15, 0.2) is 0 Å². The Balaban J connectivity index is 1.64. The molecular weight excluding hydrogens is 409 g/mol. The number of hydrogen-bond donors (Lipinski definition) is 3. The van der Waals surface area contributed by atoms with Crippen molar-refractivity contribution in [1.82, 2.24) is 20.2 Å². The van der Waals surface area contributed by atoms with Crippen LogP contribution < -0.4 is 16.0 Å². The van der Waals surface area contributed by atoms with Crippen molar-refractivity contribution in [2.24, 2.45) is 0 Å². The minimum absolute atomic E-state index is 0.0895. The molecule has 0 spiro atoms. The number of fused-ring (bicyclic) bond motifs is 1. The largest absolute Gasteiger partial charge is 0.401 e. The molecule has 0 radical (unpaired) electrons. The molecule has 0 saturated carbocycles. The van der Waals surface area contributed by atoms with E-state index in [0.29, 0.717) is 50.8 Å². The predicted octanol–water partition coefficient (Wildman–Crippen LogP) is 3.04. The zero-order valence-corrected chi connectivity index (χ0v) is 17.6. The lowest BCUT2D eigenvalue weighted by molar-refractivity contribution is -0.145. The summed E-state index contributed by atoms with van der Waals surface area (Å²) >= 11 is 0. The van der Waals surface area contributed by atoms with E-state index >= 15 is 0 Å². The molecule has 10 heteroatoms. The quantitative estimate of drug-likeness (QED) is 0.579. The van der Waals surface area contributed by atoms with Crippen LogP contribution in [0.15, 0.2) is 24.4 Å². The Labute approximate surface area is 179 Å². The molecule has 31 heavy (non-hydrogen) atoms. The van der Waals surface area contributed by atoms with Crippen molar-refractivity contribution < 1.29 is 18.0 Å². The molecule has 0 atom stereocenters. The second kappa shape index (κ2) is 9.95. The van der Waals surface area contributed by atoms with Crippen molar-refractivity contribution in [3.63, 3.8) is 0 Å². The smallest absolute Gasteiger partial charge is 0.368 e. The molecule has 0 unspecified atom stereocenters. The van der Waals surface area contributed by atoms with Crippen molar-refractivity contribution in [1.29, 1.82) is 0 Å². The zero-order chi connectivity index (χ0) is 22.4. The molecule has 2 aromatic rings. The number of halogens is 3. The Morgan fingerprint density at radius 3 is 2.61 bits per heavy atom. The van der Waals surface area contributed by atoms with Gasteiger partial charge >= 0.3 is 6.18 Å². The Kier molecular flexibility index (Phi) is 7.32. The Hall–Kier alpha value is -2.88. The van der Waals surface area contributed by atoms with E-state index in [1.54, 1.807) is 6.20 Å². The summed E-state index contributed by atoms with van der Waals surface area (Å²) in [7, 11) is 0. The van der Waals surface area contributed by atoms with Crippen LogP contribution in [0.25, 0.3) is 0 Å². The number of rotatable bonds is 7. The van der Waals surface area contributed by atoms with E-state index in [0.717, 1.165) is 22.4 Å². The van der Waals surface area contributed by atoms with Crippen molar-refractivity contribution in [2.45, 2.75) is 32.9 Å². The molecule has 0 bridgehead atoms. The summed E-state index contributed by atoms with van der Waals surface area (Å²) in [5.41, 5.74) is 3.77. The summed E-state index contributed by atoms with van der Waals surface area (Å²) in [5, 5.41) is 9.06. The number of benzene rings is 1. The molecule has 1 aromatic heterocycles. The minimum Gasteiger partial charge on any atom is -0.368 e. The van der Waals surface area contributed by atoms with Crippen LogP contribution in [0, 0.1) is 6.92 Å². The third kappa shape index (κ3) is 7.09. The Morgan fingerprint density at radius 2 is 1.90 bits per heavy atom. The number of aromatic nitrogens is 2. The number of nitrogens with zero attached hydrogens (tertiary/aromatic N) is 3. The van der Waals surface area contributed by atoms with Gasteiger partial charge in [-0.25, -0.2) is 4.98 Å². The first kappa shape index (κ1) is 22.8. The molecule has 1 aromatic carbocycles. The van der Waals surface area contributed by atoms with Crippen molar-refractivity contribution in [3.05, 3.63) is 41.1 Å². The van der Waals surface area contributed by atoms with Gasteiger partial charge in [-0.15, -0.1) is 0 Å². The van der Waals surface area contributed by atoms with Crippen LogP contribution in [0.5, 0.6) is 0 Å². The maximum atomic E-state index is 12.7. The normalized spacial score (nSPS) is 14.5. The van der Waals surface area contributed by atoms with Gasteiger partial charge in [-0.05, 0) is 43.0 Å². The van der Waals surface area contributed by atoms with E-state index in [-0.39, 0.29) is 5.91 Å². The number of carbonyl (C=O) groups is 1. The highest BCUT2D eigenvalue weighted by Crippen LogP contribution is 2.24. The van der Waals surface area contributed by atoms with Crippen molar-refractivity contribution in [2.75, 3.05) is 43.4 Å². The fourth-order valence-electron chi connectivity index (χ4n) is 3.49. The number of amides is 1. The summed E-state index contributed by atoms with van der Waals surface area (Å²) in [4.78, 5) is 21.2. The van der Waals surface area contributed by atoms with Crippen LogP contribution in [0.3, 0.4) is 0 Å². The second-order valence-electron chi connectivity index (χ2n) is 7.63. The first-order chi connectivity index (χ1) is 14.7. The van der Waals surface area contributed by atoms with Gasteiger partial charge in [-0.1, -0.05) is 6.07 Å². The number of hydrogen-bond acceptors (Lipinski definition) is 6. The van der Waals surface area contributed by atoms with Crippen LogP contribution in [-0.2, 0) is 17.6 Å². The highest BCUT2D eigenvalue weighted by molar-refractivity contribution is 5.72. The number of nitrogens with one attached hydrogen (secondary N) is 3. The van der Waals surface area contributed by atoms with Gasteiger partial charge in [0.05, 0.1) is 6.54 Å². The molecule has 0 saturated heterocycles. The summed E-state index contributed by atoms with van der Waals surface area (Å²) < 4.78 is 38.1. The lowest BCUT2D eigenvalue weighted by Gasteiger charge is -2.20. The van der Waals surface area contributed by atoms with E-state index in [1.807, 2.05) is 25.1 Å². The van der Waals surface area contributed by atoms with Crippen LogP contribution in [-0.4, -0.2) is 59.7 Å². The van der Waals surface area contributed by atoms with E-state index in [9.17, 15) is 18.0 Å². The van der Waals surface area contributed by atoms with E-state index in [1.165, 1.54) is 11.8 Å². The lowest BCUT2D eigenvalue weighted by atomic mass is 10.0. The standard InChI is InChI=1S/C21H27F3N6O/c1-14-12-27-20(29-19(14)26-8-7-25-15(2)31)28-18-4-3-16-5-9-30(13-21(22,23)24)10-6-17(16)11-18/h3-4,11-12H,5-10,13H2,1-2H3,(H,25,31)(H2,26,27,28,29). The molecule has 0 aliphatic carbocycles. The first-order valence-corrected chi connectivity index (χ1v) is 10.2. The maximum absolute atomic E-state index is 12.7. The van der Waals surface area contributed by atoms with Crippen molar-refractivity contribution in [3.8, 4) is 0 Å². The maximum Gasteiger partial charge on any atom is 0.401 e. The van der Waals surface area contributed by atoms with Crippen LogP contribution in [0.2, 0.25) is 0 Å². The highest BCUT2D eigenvalue weighted by Gasteiger charge is 2.31. The van der Waals surface area contributed by atoms with Gasteiger partial charge in [-0.3, -0.25) is 9.69 Å². The fourth-order valence-corrected chi connectivity index (χ4v) is 3.49. The molecule has 168 valence electrons. The fraction of sp³-hybridized carbons (Fsp3) is 0.476. The molecule has 1 aliphatic rings. The predicted molar refractivity (Wildman–Crippen MR) is 114 cm³/mol. The van der Waals surface area contributed by atoms with Crippen LogP contribution >= 0.6 is 0 Å². The topological polar surface area (TPSA) is 82.2 Å². The van der Waals surface area contributed by atoms with E-state index < -0.39 is 12.7 Å². The monoisotopic (exact) mass is 436 g/mol.